The summed E-state index contributed by atoms with van der Waals surface area (Å²) in [7, 11) is 1.62. The second-order valence-corrected chi connectivity index (χ2v) is 5.47. The Kier molecular flexibility index (Phi) is 3.88. The number of fused-ring (bicyclic) bond motifs is 1. The molecule has 1 aromatic heterocycles. The van der Waals surface area contributed by atoms with E-state index in [1.807, 2.05) is 25.1 Å². The van der Waals surface area contributed by atoms with Gasteiger partial charge >= 0.3 is 0 Å². The molecule has 0 radical (unpaired) electrons. The van der Waals surface area contributed by atoms with Crippen molar-refractivity contribution in [2.75, 3.05) is 19.2 Å². The lowest BCUT2D eigenvalue weighted by Crippen LogP contribution is -2.01. The minimum absolute atomic E-state index is 0.235. The first-order valence-electron chi connectivity index (χ1n) is 6.50. The number of hydrogen-bond donors (Lipinski definition) is 1. The molecule has 1 aromatic carbocycles. The normalized spacial score (nSPS) is 12.3. The summed E-state index contributed by atoms with van der Waals surface area (Å²) in [6.07, 6.45) is 1.79. The van der Waals surface area contributed by atoms with E-state index in [-0.39, 0.29) is 6.79 Å². The highest BCUT2D eigenvalue weighted by Crippen LogP contribution is 2.41. The summed E-state index contributed by atoms with van der Waals surface area (Å²) >= 11 is 3.39. The predicted octanol–water partition coefficient (Wildman–Crippen LogP) is 3.50. The first kappa shape index (κ1) is 14.0. The number of benzene rings is 1. The van der Waals surface area contributed by atoms with Crippen molar-refractivity contribution in [2.24, 2.45) is 0 Å². The highest BCUT2D eigenvalue weighted by Gasteiger charge is 2.19. The van der Waals surface area contributed by atoms with Crippen LogP contribution in [0.3, 0.4) is 0 Å². The molecule has 2 heterocycles. The Morgan fingerprint density at radius 1 is 1.33 bits per heavy atom. The SMILES string of the molecule is COc1cc(CNc2cnc(Br)c(C)c2)cc2c1OCO2. The van der Waals surface area contributed by atoms with Crippen LogP contribution in [0.2, 0.25) is 0 Å². The summed E-state index contributed by atoms with van der Waals surface area (Å²) in [6.45, 7) is 2.89. The minimum atomic E-state index is 0.235. The highest BCUT2D eigenvalue weighted by atomic mass is 79.9. The Morgan fingerprint density at radius 2 is 2.19 bits per heavy atom. The topological polar surface area (TPSA) is 52.6 Å². The fourth-order valence-electron chi connectivity index (χ4n) is 2.14. The van der Waals surface area contributed by atoms with E-state index in [1.54, 1.807) is 13.3 Å². The molecule has 0 aliphatic carbocycles. The van der Waals surface area contributed by atoms with Crippen LogP contribution in [0.25, 0.3) is 0 Å². The van der Waals surface area contributed by atoms with Crippen LogP contribution >= 0.6 is 15.9 Å². The molecule has 2 aromatic rings. The molecule has 1 aliphatic rings. The number of rotatable bonds is 4. The quantitative estimate of drug-likeness (QED) is 0.855. The maximum atomic E-state index is 5.42. The van der Waals surface area contributed by atoms with Gasteiger partial charge in [-0.15, -0.1) is 0 Å². The van der Waals surface area contributed by atoms with E-state index in [0.717, 1.165) is 27.2 Å². The summed E-state index contributed by atoms with van der Waals surface area (Å²) in [5.41, 5.74) is 3.10. The van der Waals surface area contributed by atoms with E-state index in [0.29, 0.717) is 18.0 Å². The van der Waals surface area contributed by atoms with Gasteiger partial charge in [0.15, 0.2) is 11.5 Å². The minimum Gasteiger partial charge on any atom is -0.493 e. The van der Waals surface area contributed by atoms with Crippen molar-refractivity contribution in [1.82, 2.24) is 4.98 Å². The third-order valence-corrected chi connectivity index (χ3v) is 4.06. The third-order valence-electron chi connectivity index (χ3n) is 3.23. The molecule has 6 heteroatoms. The number of anilines is 1. The lowest BCUT2D eigenvalue weighted by molar-refractivity contribution is 0.171. The predicted molar refractivity (Wildman–Crippen MR) is 83.1 cm³/mol. The molecule has 3 rings (SSSR count). The number of hydrogen-bond acceptors (Lipinski definition) is 5. The van der Waals surface area contributed by atoms with Gasteiger partial charge < -0.3 is 19.5 Å². The zero-order valence-electron chi connectivity index (χ0n) is 11.8. The summed E-state index contributed by atoms with van der Waals surface area (Å²) in [5, 5.41) is 3.34. The van der Waals surface area contributed by atoms with E-state index >= 15 is 0 Å². The van der Waals surface area contributed by atoms with Gasteiger partial charge in [-0.2, -0.15) is 0 Å². The van der Waals surface area contributed by atoms with Crippen LogP contribution in [0.5, 0.6) is 17.2 Å². The summed E-state index contributed by atoms with van der Waals surface area (Å²) < 4.78 is 17.0. The number of nitrogens with one attached hydrogen (secondary N) is 1. The summed E-state index contributed by atoms with van der Waals surface area (Å²) in [6, 6.07) is 5.94. The first-order valence-corrected chi connectivity index (χ1v) is 7.29. The zero-order chi connectivity index (χ0) is 14.8. The van der Waals surface area contributed by atoms with E-state index in [4.69, 9.17) is 14.2 Å². The molecule has 110 valence electrons. The highest BCUT2D eigenvalue weighted by molar-refractivity contribution is 9.10. The van der Waals surface area contributed by atoms with Gasteiger partial charge in [0.2, 0.25) is 12.5 Å². The molecule has 5 nitrogen and oxygen atoms in total. The van der Waals surface area contributed by atoms with Crippen LogP contribution in [-0.4, -0.2) is 18.9 Å². The van der Waals surface area contributed by atoms with Crippen molar-refractivity contribution in [1.29, 1.82) is 0 Å². The van der Waals surface area contributed by atoms with Crippen molar-refractivity contribution >= 4 is 21.6 Å². The number of methoxy groups -OCH3 is 1. The monoisotopic (exact) mass is 350 g/mol. The second kappa shape index (κ2) is 5.81. The van der Waals surface area contributed by atoms with Crippen LogP contribution in [-0.2, 0) is 6.54 Å². The number of nitrogens with zero attached hydrogens (tertiary/aromatic N) is 1. The number of aromatic nitrogens is 1. The maximum Gasteiger partial charge on any atom is 0.231 e. The second-order valence-electron chi connectivity index (χ2n) is 4.72. The Hall–Kier alpha value is -1.95. The largest absolute Gasteiger partial charge is 0.493 e. The van der Waals surface area contributed by atoms with Gasteiger partial charge in [0, 0.05) is 6.54 Å². The summed E-state index contributed by atoms with van der Waals surface area (Å²) in [5.74, 6) is 2.07. The molecule has 0 saturated heterocycles. The maximum absolute atomic E-state index is 5.42. The fraction of sp³-hybridized carbons (Fsp3) is 0.267. The van der Waals surface area contributed by atoms with Gasteiger partial charge in [-0.25, -0.2) is 4.98 Å². The summed E-state index contributed by atoms with van der Waals surface area (Å²) in [4.78, 5) is 4.27. The van der Waals surface area contributed by atoms with E-state index in [2.05, 4.69) is 26.2 Å². The molecule has 0 spiro atoms. The Morgan fingerprint density at radius 3 is 2.95 bits per heavy atom. The number of halogens is 1. The van der Waals surface area contributed by atoms with Crippen molar-refractivity contribution in [2.45, 2.75) is 13.5 Å². The molecule has 0 bridgehead atoms. The molecule has 0 atom stereocenters. The van der Waals surface area contributed by atoms with Crippen LogP contribution < -0.4 is 19.5 Å². The van der Waals surface area contributed by atoms with Gasteiger partial charge in [-0.05, 0) is 52.2 Å². The van der Waals surface area contributed by atoms with Crippen molar-refractivity contribution in [3.05, 3.63) is 40.1 Å². The molecule has 0 saturated carbocycles. The Labute approximate surface area is 131 Å². The van der Waals surface area contributed by atoms with Crippen molar-refractivity contribution in [3.63, 3.8) is 0 Å². The molecule has 0 fully saturated rings. The van der Waals surface area contributed by atoms with Crippen molar-refractivity contribution in [3.8, 4) is 17.2 Å². The molecule has 0 amide bonds. The Bertz CT molecular complexity index is 676. The van der Waals surface area contributed by atoms with Crippen LogP contribution in [0.1, 0.15) is 11.1 Å². The molecule has 0 unspecified atom stereocenters. The molecule has 1 N–H and O–H groups in total. The van der Waals surface area contributed by atoms with Gasteiger partial charge in [-0.1, -0.05) is 0 Å². The Balaban J connectivity index is 1.77. The number of pyridine rings is 1. The van der Waals surface area contributed by atoms with Gasteiger partial charge in [0.1, 0.15) is 4.60 Å². The molecule has 1 aliphatic heterocycles. The lowest BCUT2D eigenvalue weighted by atomic mass is 10.1. The number of ether oxygens (including phenoxy) is 3. The van der Waals surface area contributed by atoms with Crippen molar-refractivity contribution < 1.29 is 14.2 Å². The average molecular weight is 351 g/mol. The zero-order valence-corrected chi connectivity index (χ0v) is 13.4. The fourth-order valence-corrected chi connectivity index (χ4v) is 2.36. The van der Waals surface area contributed by atoms with Crippen LogP contribution in [0, 0.1) is 6.92 Å². The van der Waals surface area contributed by atoms with Gasteiger partial charge in [0.25, 0.3) is 0 Å². The third kappa shape index (κ3) is 2.90. The van der Waals surface area contributed by atoms with E-state index < -0.39 is 0 Å². The molecular formula is C15H15BrN2O3. The van der Waals surface area contributed by atoms with Crippen LogP contribution in [0.15, 0.2) is 29.0 Å². The standard InChI is InChI=1S/C15H15BrN2O3/c1-9-3-11(7-18-15(9)16)17-6-10-4-12(19-2)14-13(5-10)20-8-21-14/h3-5,7,17H,6,8H2,1-2H3. The molecular weight excluding hydrogens is 336 g/mol. The average Bonchev–Trinajstić information content (AvgIpc) is 2.96. The molecule has 21 heavy (non-hydrogen) atoms. The lowest BCUT2D eigenvalue weighted by Gasteiger charge is -2.10. The van der Waals surface area contributed by atoms with Gasteiger partial charge in [0.05, 0.1) is 19.0 Å². The van der Waals surface area contributed by atoms with E-state index in [9.17, 15) is 0 Å². The number of aryl methyl sites for hydroxylation is 1. The van der Waals surface area contributed by atoms with Crippen LogP contribution in [0.4, 0.5) is 5.69 Å². The smallest absolute Gasteiger partial charge is 0.231 e. The van der Waals surface area contributed by atoms with E-state index in [1.165, 1.54) is 0 Å². The first-order chi connectivity index (χ1) is 10.2. The van der Waals surface area contributed by atoms with Gasteiger partial charge in [-0.3, -0.25) is 0 Å².